The molecule has 2 heterocycles. The minimum atomic E-state index is -3.12. The maximum Gasteiger partial charge on any atom is 0.224 e. The summed E-state index contributed by atoms with van der Waals surface area (Å²) in [5, 5.41) is 3.64. The lowest BCUT2D eigenvalue weighted by Crippen LogP contribution is -2.48. The minimum Gasteiger partial charge on any atom is -0.378 e. The number of carbonyl (C=O) groups is 1. The van der Waals surface area contributed by atoms with Crippen LogP contribution in [0.5, 0.6) is 0 Å². The topological polar surface area (TPSA) is 73.0 Å². The summed E-state index contributed by atoms with van der Waals surface area (Å²) in [5.74, 6) is 0.0683. The predicted octanol–water partition coefficient (Wildman–Crippen LogP) is 3.07. The van der Waals surface area contributed by atoms with Crippen molar-refractivity contribution in [3.63, 3.8) is 0 Å². The Hall–Kier alpha value is -2.58. The van der Waals surface area contributed by atoms with Gasteiger partial charge in [0.15, 0.2) is 0 Å². The highest BCUT2D eigenvalue weighted by molar-refractivity contribution is 7.88. The van der Waals surface area contributed by atoms with Crippen LogP contribution < -0.4 is 15.1 Å². The molecule has 1 N–H and O–H groups in total. The predicted molar refractivity (Wildman–Crippen MR) is 125 cm³/mol. The van der Waals surface area contributed by atoms with Gasteiger partial charge in [-0.05, 0) is 49.2 Å². The first-order valence-corrected chi connectivity index (χ1v) is 12.5. The molecule has 0 radical (unpaired) electrons. The van der Waals surface area contributed by atoms with Crippen molar-refractivity contribution in [2.75, 3.05) is 47.6 Å². The number of nitrogens with one attached hydrogen (secondary N) is 1. The maximum atomic E-state index is 12.2. The SMILES string of the molecule is CC(=O)N1c2ccccc2[C@@H](Nc2ccc(N3CCN(S(C)(=O)=O)CC3)cc2)C[C@H]1C. The van der Waals surface area contributed by atoms with E-state index in [0.717, 1.165) is 29.0 Å². The molecule has 1 fully saturated rings. The summed E-state index contributed by atoms with van der Waals surface area (Å²) in [6, 6.07) is 16.7. The average Bonchev–Trinajstić information content (AvgIpc) is 2.73. The Morgan fingerprint density at radius 2 is 1.65 bits per heavy atom. The Bertz CT molecular complexity index is 1050. The number of carbonyl (C=O) groups excluding carboxylic acids is 1. The lowest BCUT2D eigenvalue weighted by atomic mass is 9.91. The van der Waals surface area contributed by atoms with Crippen LogP contribution in [0.2, 0.25) is 0 Å². The van der Waals surface area contributed by atoms with Gasteiger partial charge in [0.25, 0.3) is 0 Å². The van der Waals surface area contributed by atoms with Crippen LogP contribution in [0, 0.1) is 0 Å². The second-order valence-electron chi connectivity index (χ2n) is 8.43. The standard InChI is InChI=1S/C23H30N4O3S/c1-17-16-22(21-6-4-5-7-23(21)27(17)18(2)28)24-19-8-10-20(11-9-19)25-12-14-26(15-13-25)31(3,29)30/h4-11,17,22,24H,12-16H2,1-3H3/t17-,22+/m1/s1. The molecule has 2 aliphatic rings. The van der Waals surface area contributed by atoms with Crippen LogP contribution in [0.4, 0.5) is 17.1 Å². The van der Waals surface area contributed by atoms with E-state index in [1.165, 1.54) is 10.6 Å². The number of hydrogen-bond donors (Lipinski definition) is 1. The molecule has 0 aromatic heterocycles. The van der Waals surface area contributed by atoms with Gasteiger partial charge in [-0.2, -0.15) is 4.31 Å². The Balaban J connectivity index is 1.46. The first-order valence-electron chi connectivity index (χ1n) is 10.7. The molecule has 7 nitrogen and oxygen atoms in total. The van der Waals surface area contributed by atoms with Crippen LogP contribution >= 0.6 is 0 Å². The van der Waals surface area contributed by atoms with Crippen molar-refractivity contribution >= 4 is 33.0 Å². The van der Waals surface area contributed by atoms with Gasteiger partial charge in [0.05, 0.1) is 12.3 Å². The van der Waals surface area contributed by atoms with Gasteiger partial charge in [-0.1, -0.05) is 18.2 Å². The van der Waals surface area contributed by atoms with E-state index in [-0.39, 0.29) is 18.0 Å². The third-order valence-corrected chi connectivity index (χ3v) is 7.51. The van der Waals surface area contributed by atoms with Crippen LogP contribution in [0.25, 0.3) is 0 Å². The van der Waals surface area contributed by atoms with E-state index < -0.39 is 10.0 Å². The van der Waals surface area contributed by atoms with Gasteiger partial charge >= 0.3 is 0 Å². The van der Waals surface area contributed by atoms with Gasteiger partial charge in [-0.3, -0.25) is 4.79 Å². The van der Waals surface area contributed by atoms with Gasteiger partial charge in [-0.15, -0.1) is 0 Å². The summed E-state index contributed by atoms with van der Waals surface area (Å²) >= 11 is 0. The number of amides is 1. The normalized spacial score (nSPS) is 22.2. The molecule has 2 aromatic rings. The fourth-order valence-electron chi connectivity index (χ4n) is 4.68. The van der Waals surface area contributed by atoms with Crippen LogP contribution in [0.15, 0.2) is 48.5 Å². The zero-order valence-corrected chi connectivity index (χ0v) is 19.1. The van der Waals surface area contributed by atoms with Crippen molar-refractivity contribution in [2.45, 2.75) is 32.4 Å². The average molecular weight is 443 g/mol. The Labute approximate surface area is 184 Å². The maximum absolute atomic E-state index is 12.2. The number of hydrogen-bond acceptors (Lipinski definition) is 5. The van der Waals surface area contributed by atoms with Crippen molar-refractivity contribution in [1.29, 1.82) is 0 Å². The quantitative estimate of drug-likeness (QED) is 0.788. The lowest BCUT2D eigenvalue weighted by molar-refractivity contribution is -0.117. The Kier molecular flexibility index (Phi) is 5.94. The molecular weight excluding hydrogens is 412 g/mol. The van der Waals surface area contributed by atoms with Crippen molar-refractivity contribution < 1.29 is 13.2 Å². The first kappa shape index (κ1) is 21.6. The number of sulfonamides is 1. The highest BCUT2D eigenvalue weighted by Gasteiger charge is 2.32. The van der Waals surface area contributed by atoms with Crippen LogP contribution in [0.3, 0.4) is 0 Å². The number of anilines is 3. The fraction of sp³-hybridized carbons (Fsp3) is 0.435. The molecule has 0 saturated carbocycles. The van der Waals surface area contributed by atoms with E-state index >= 15 is 0 Å². The molecule has 2 aliphatic heterocycles. The van der Waals surface area contributed by atoms with Gasteiger partial charge in [0.1, 0.15) is 0 Å². The molecule has 0 aliphatic carbocycles. The third kappa shape index (κ3) is 4.55. The number of para-hydroxylation sites is 1. The summed E-state index contributed by atoms with van der Waals surface area (Å²) in [6.07, 6.45) is 2.11. The molecule has 0 spiro atoms. The smallest absolute Gasteiger partial charge is 0.224 e. The molecule has 2 atom stereocenters. The van der Waals surface area contributed by atoms with Crippen LogP contribution in [-0.2, 0) is 14.8 Å². The molecule has 166 valence electrons. The van der Waals surface area contributed by atoms with Crippen molar-refractivity contribution in [1.82, 2.24) is 4.31 Å². The fourth-order valence-corrected chi connectivity index (χ4v) is 5.50. The van der Waals surface area contributed by atoms with Crippen LogP contribution in [0.1, 0.15) is 31.9 Å². The largest absolute Gasteiger partial charge is 0.378 e. The van der Waals surface area contributed by atoms with E-state index in [4.69, 9.17) is 0 Å². The molecule has 0 bridgehead atoms. The molecule has 0 unspecified atom stereocenters. The summed E-state index contributed by atoms with van der Waals surface area (Å²) in [7, 11) is -3.12. The molecule has 8 heteroatoms. The Morgan fingerprint density at radius 1 is 1.00 bits per heavy atom. The minimum absolute atomic E-state index is 0.0683. The van der Waals surface area contributed by atoms with E-state index in [2.05, 4.69) is 47.5 Å². The van der Waals surface area contributed by atoms with Crippen LogP contribution in [-0.4, -0.2) is 57.1 Å². The summed E-state index contributed by atoms with van der Waals surface area (Å²) in [6.45, 7) is 6.12. The molecule has 2 aromatic carbocycles. The zero-order valence-electron chi connectivity index (χ0n) is 18.3. The van der Waals surface area contributed by atoms with E-state index in [9.17, 15) is 13.2 Å². The molecule has 4 rings (SSSR count). The highest BCUT2D eigenvalue weighted by Crippen LogP contribution is 2.39. The van der Waals surface area contributed by atoms with Crippen molar-refractivity contribution in [3.8, 4) is 0 Å². The van der Waals surface area contributed by atoms with Gasteiger partial charge in [-0.25, -0.2) is 8.42 Å². The summed E-state index contributed by atoms with van der Waals surface area (Å²) in [4.78, 5) is 16.3. The van der Waals surface area contributed by atoms with E-state index in [1.54, 1.807) is 6.92 Å². The number of fused-ring (bicyclic) bond motifs is 1. The number of benzene rings is 2. The monoisotopic (exact) mass is 442 g/mol. The second kappa shape index (κ2) is 8.51. The third-order valence-electron chi connectivity index (χ3n) is 6.21. The van der Waals surface area contributed by atoms with Gasteiger partial charge in [0.2, 0.25) is 15.9 Å². The lowest BCUT2D eigenvalue weighted by Gasteiger charge is -2.39. The zero-order chi connectivity index (χ0) is 22.2. The van der Waals surface area contributed by atoms with Crippen molar-refractivity contribution in [2.24, 2.45) is 0 Å². The van der Waals surface area contributed by atoms with Crippen molar-refractivity contribution in [3.05, 3.63) is 54.1 Å². The second-order valence-corrected chi connectivity index (χ2v) is 10.4. The van der Waals surface area contributed by atoms with Gasteiger partial charge < -0.3 is 15.1 Å². The molecule has 1 saturated heterocycles. The molecular formula is C23H30N4O3S. The number of nitrogens with zero attached hydrogens (tertiary/aromatic N) is 3. The Morgan fingerprint density at radius 3 is 2.26 bits per heavy atom. The van der Waals surface area contributed by atoms with E-state index in [0.29, 0.717) is 26.2 Å². The van der Waals surface area contributed by atoms with E-state index in [1.807, 2.05) is 23.1 Å². The highest BCUT2D eigenvalue weighted by atomic mass is 32.2. The number of piperazine rings is 1. The number of rotatable bonds is 4. The molecule has 1 amide bonds. The van der Waals surface area contributed by atoms with Gasteiger partial charge in [0, 0.05) is 56.2 Å². The molecule has 31 heavy (non-hydrogen) atoms. The first-order chi connectivity index (χ1) is 14.7. The summed E-state index contributed by atoms with van der Waals surface area (Å²) in [5.41, 5.74) is 4.24. The summed E-state index contributed by atoms with van der Waals surface area (Å²) < 4.78 is 25.0.